The van der Waals surface area contributed by atoms with Crippen molar-refractivity contribution in [1.29, 1.82) is 0 Å². The summed E-state index contributed by atoms with van der Waals surface area (Å²) in [5.41, 5.74) is 7.30. The summed E-state index contributed by atoms with van der Waals surface area (Å²) in [6.45, 7) is 2.42. The fourth-order valence-corrected chi connectivity index (χ4v) is 1.79. The molecule has 0 spiro atoms. The van der Waals surface area contributed by atoms with Crippen LogP contribution in [0.3, 0.4) is 0 Å². The number of nitrogens with zero attached hydrogens (tertiary/aromatic N) is 1. The van der Waals surface area contributed by atoms with Gasteiger partial charge in [-0.05, 0) is 30.7 Å². The molecule has 0 aliphatic rings. The number of hydrogen-bond donors (Lipinski definition) is 2. The van der Waals surface area contributed by atoms with Gasteiger partial charge in [0.2, 0.25) is 0 Å². The van der Waals surface area contributed by atoms with E-state index >= 15 is 0 Å². The monoisotopic (exact) mass is 289 g/mol. The average molecular weight is 289 g/mol. The van der Waals surface area contributed by atoms with Gasteiger partial charge in [-0.15, -0.1) is 0 Å². The number of nitrogens with one attached hydrogen (secondary N) is 1. The van der Waals surface area contributed by atoms with Crippen molar-refractivity contribution in [3.63, 3.8) is 0 Å². The van der Waals surface area contributed by atoms with Gasteiger partial charge in [-0.1, -0.05) is 12.1 Å². The number of ether oxygens (including phenoxy) is 1. The quantitative estimate of drug-likeness (QED) is 0.827. The van der Waals surface area contributed by atoms with Crippen LogP contribution in [0.5, 0.6) is 0 Å². The van der Waals surface area contributed by atoms with E-state index in [-0.39, 0.29) is 23.7 Å². The number of nitrogen functional groups attached to an aromatic ring is 1. The van der Waals surface area contributed by atoms with Crippen LogP contribution >= 0.6 is 0 Å². The Kier molecular flexibility index (Phi) is 4.71. The Bertz CT molecular complexity index is 629. The van der Waals surface area contributed by atoms with Gasteiger partial charge >= 0.3 is 5.97 Å². The number of pyridine rings is 1. The van der Waals surface area contributed by atoms with Crippen LogP contribution in [0.15, 0.2) is 36.5 Å². The molecule has 0 unspecified atom stereocenters. The van der Waals surface area contributed by atoms with Crippen LogP contribution in [0.2, 0.25) is 0 Å². The standard InChI is InChI=1S/C15H16FN3O2/c1-2-21-15(20)12-7-8-18-14(13(12)17)19-9-10-3-5-11(16)6-4-10/h3-8H,2,9,17H2,1H3,(H,18,19). The van der Waals surface area contributed by atoms with Gasteiger partial charge in [0.1, 0.15) is 11.6 Å². The van der Waals surface area contributed by atoms with Crippen molar-refractivity contribution in [2.45, 2.75) is 13.5 Å². The third-order valence-corrected chi connectivity index (χ3v) is 2.86. The van der Waals surface area contributed by atoms with Gasteiger partial charge in [0.25, 0.3) is 0 Å². The van der Waals surface area contributed by atoms with E-state index in [1.54, 1.807) is 19.1 Å². The van der Waals surface area contributed by atoms with Crippen molar-refractivity contribution in [3.8, 4) is 0 Å². The topological polar surface area (TPSA) is 77.2 Å². The minimum Gasteiger partial charge on any atom is -0.462 e. The molecule has 0 saturated carbocycles. The number of esters is 1. The minimum absolute atomic E-state index is 0.234. The lowest BCUT2D eigenvalue weighted by Gasteiger charge is -2.11. The second-order valence-electron chi connectivity index (χ2n) is 4.32. The van der Waals surface area contributed by atoms with Crippen LogP contribution in [0.4, 0.5) is 15.9 Å². The number of hydrogen-bond acceptors (Lipinski definition) is 5. The molecule has 21 heavy (non-hydrogen) atoms. The van der Waals surface area contributed by atoms with Crippen LogP contribution < -0.4 is 11.1 Å². The van der Waals surface area contributed by atoms with Crippen LogP contribution in [-0.2, 0) is 11.3 Å². The summed E-state index contributed by atoms with van der Waals surface area (Å²) in [6, 6.07) is 7.59. The molecule has 0 amide bonds. The van der Waals surface area contributed by atoms with Crippen molar-refractivity contribution in [2.24, 2.45) is 0 Å². The maximum Gasteiger partial charge on any atom is 0.340 e. The van der Waals surface area contributed by atoms with Crippen LogP contribution in [-0.4, -0.2) is 17.6 Å². The van der Waals surface area contributed by atoms with Gasteiger partial charge in [-0.25, -0.2) is 14.2 Å². The van der Waals surface area contributed by atoms with Crippen molar-refractivity contribution >= 4 is 17.5 Å². The normalized spacial score (nSPS) is 10.2. The van der Waals surface area contributed by atoms with Crippen molar-refractivity contribution < 1.29 is 13.9 Å². The third-order valence-electron chi connectivity index (χ3n) is 2.86. The number of halogens is 1. The lowest BCUT2D eigenvalue weighted by molar-refractivity contribution is 0.0527. The Hall–Kier alpha value is -2.63. The third kappa shape index (κ3) is 3.68. The molecule has 0 saturated heterocycles. The number of benzene rings is 1. The van der Waals surface area contributed by atoms with E-state index in [9.17, 15) is 9.18 Å². The molecule has 0 radical (unpaired) electrons. The van der Waals surface area contributed by atoms with Gasteiger partial charge in [-0.2, -0.15) is 0 Å². The Morgan fingerprint density at radius 2 is 2.05 bits per heavy atom. The predicted molar refractivity (Wildman–Crippen MR) is 78.3 cm³/mol. The maximum absolute atomic E-state index is 12.8. The van der Waals surface area contributed by atoms with E-state index in [0.717, 1.165) is 5.56 Å². The molecular formula is C15H16FN3O2. The molecule has 110 valence electrons. The summed E-state index contributed by atoms with van der Waals surface area (Å²) < 4.78 is 17.7. The summed E-state index contributed by atoms with van der Waals surface area (Å²) >= 11 is 0. The highest BCUT2D eigenvalue weighted by molar-refractivity contribution is 5.97. The van der Waals surface area contributed by atoms with E-state index in [0.29, 0.717) is 12.4 Å². The molecule has 0 aliphatic carbocycles. The van der Waals surface area contributed by atoms with E-state index < -0.39 is 5.97 Å². The second kappa shape index (κ2) is 6.69. The van der Waals surface area contributed by atoms with Crippen molar-refractivity contribution in [3.05, 3.63) is 53.5 Å². The van der Waals surface area contributed by atoms with E-state index in [1.165, 1.54) is 24.4 Å². The van der Waals surface area contributed by atoms with Gasteiger partial charge in [0.05, 0.1) is 17.9 Å². The van der Waals surface area contributed by atoms with Gasteiger partial charge in [-0.3, -0.25) is 0 Å². The fraction of sp³-hybridized carbons (Fsp3) is 0.200. The molecule has 1 heterocycles. The Labute approximate surface area is 121 Å². The summed E-state index contributed by atoms with van der Waals surface area (Å²) in [4.78, 5) is 15.8. The molecular weight excluding hydrogens is 273 g/mol. The van der Waals surface area contributed by atoms with E-state index in [2.05, 4.69) is 10.3 Å². The van der Waals surface area contributed by atoms with Crippen molar-refractivity contribution in [1.82, 2.24) is 4.98 Å². The summed E-state index contributed by atoms with van der Waals surface area (Å²) in [7, 11) is 0. The first-order valence-corrected chi connectivity index (χ1v) is 6.51. The molecule has 0 aliphatic heterocycles. The molecule has 0 fully saturated rings. The summed E-state index contributed by atoms with van der Waals surface area (Å²) in [6.07, 6.45) is 1.48. The van der Waals surface area contributed by atoms with Crippen LogP contribution in [0.1, 0.15) is 22.8 Å². The number of carbonyl (C=O) groups is 1. The van der Waals surface area contributed by atoms with Gasteiger partial charge in [0.15, 0.2) is 0 Å². The van der Waals surface area contributed by atoms with Crippen molar-refractivity contribution in [2.75, 3.05) is 17.7 Å². The highest BCUT2D eigenvalue weighted by Crippen LogP contribution is 2.21. The van der Waals surface area contributed by atoms with Gasteiger partial charge in [0, 0.05) is 12.7 Å². The molecule has 0 bridgehead atoms. The molecule has 6 heteroatoms. The van der Waals surface area contributed by atoms with Crippen LogP contribution in [0, 0.1) is 5.82 Å². The lowest BCUT2D eigenvalue weighted by atomic mass is 10.2. The second-order valence-corrected chi connectivity index (χ2v) is 4.32. The maximum atomic E-state index is 12.8. The molecule has 3 N–H and O–H groups in total. The van der Waals surface area contributed by atoms with E-state index in [4.69, 9.17) is 10.5 Å². The Morgan fingerprint density at radius 1 is 1.33 bits per heavy atom. The molecule has 2 aromatic rings. The molecule has 2 rings (SSSR count). The lowest BCUT2D eigenvalue weighted by Crippen LogP contribution is -2.12. The largest absolute Gasteiger partial charge is 0.462 e. The van der Waals surface area contributed by atoms with E-state index in [1.807, 2.05) is 0 Å². The number of nitrogens with two attached hydrogens (primary N) is 1. The average Bonchev–Trinajstić information content (AvgIpc) is 2.48. The SMILES string of the molecule is CCOC(=O)c1ccnc(NCc2ccc(F)cc2)c1N. The zero-order valence-corrected chi connectivity index (χ0v) is 11.6. The molecule has 0 atom stereocenters. The van der Waals surface area contributed by atoms with Gasteiger partial charge < -0.3 is 15.8 Å². The predicted octanol–water partition coefficient (Wildman–Crippen LogP) is 2.59. The highest BCUT2D eigenvalue weighted by atomic mass is 19.1. The first kappa shape index (κ1) is 14.8. The molecule has 1 aromatic heterocycles. The Balaban J connectivity index is 2.11. The smallest absolute Gasteiger partial charge is 0.340 e. The number of carbonyl (C=O) groups excluding carboxylic acids is 1. The molecule has 5 nitrogen and oxygen atoms in total. The minimum atomic E-state index is -0.484. The summed E-state index contributed by atoms with van der Waals surface area (Å²) in [5.74, 6) is -0.382. The summed E-state index contributed by atoms with van der Waals surface area (Å²) in [5, 5.41) is 3.02. The number of anilines is 2. The zero-order valence-electron chi connectivity index (χ0n) is 11.6. The molecule has 1 aromatic carbocycles. The fourth-order valence-electron chi connectivity index (χ4n) is 1.79. The zero-order chi connectivity index (χ0) is 15.2. The van der Waals surface area contributed by atoms with Crippen LogP contribution in [0.25, 0.3) is 0 Å². The number of aromatic nitrogens is 1. The number of rotatable bonds is 5. The first-order chi connectivity index (χ1) is 10.1. The first-order valence-electron chi connectivity index (χ1n) is 6.51. The highest BCUT2D eigenvalue weighted by Gasteiger charge is 2.14. The Morgan fingerprint density at radius 3 is 2.71 bits per heavy atom.